The zero-order chi connectivity index (χ0) is 19.8. The van der Waals surface area contributed by atoms with Crippen LogP contribution in [-0.4, -0.2) is 68.1 Å². The van der Waals surface area contributed by atoms with Crippen molar-refractivity contribution < 1.29 is 9.59 Å². The van der Waals surface area contributed by atoms with E-state index in [2.05, 4.69) is 32.8 Å². The maximum absolute atomic E-state index is 12.3. The largest absolute Gasteiger partial charge is 0.338 e. The summed E-state index contributed by atoms with van der Waals surface area (Å²) >= 11 is 0. The summed E-state index contributed by atoms with van der Waals surface area (Å²) in [4.78, 5) is 29.2. The number of nitrogens with zero attached hydrogens (tertiary/aromatic N) is 2. The maximum atomic E-state index is 12.3. The Kier molecular flexibility index (Phi) is 7.68. The topological polar surface area (TPSA) is 76.7 Å². The van der Waals surface area contributed by atoms with E-state index in [4.69, 9.17) is 0 Å². The number of anilines is 2. The zero-order valence-corrected chi connectivity index (χ0v) is 16.9. The van der Waals surface area contributed by atoms with Crippen molar-refractivity contribution in [3.05, 3.63) is 24.3 Å². The summed E-state index contributed by atoms with van der Waals surface area (Å²) in [6.45, 7) is 6.08. The van der Waals surface area contributed by atoms with E-state index in [1.165, 1.54) is 0 Å². The van der Waals surface area contributed by atoms with Crippen LogP contribution in [0.5, 0.6) is 0 Å². The average molecular weight is 388 g/mol. The average Bonchev–Trinajstić information content (AvgIpc) is 3.22. The van der Waals surface area contributed by atoms with Crippen molar-refractivity contribution in [1.82, 2.24) is 15.1 Å². The summed E-state index contributed by atoms with van der Waals surface area (Å²) in [5, 5.41) is 8.73. The number of carbonyl (C=O) groups is 2. The lowest BCUT2D eigenvalue weighted by Gasteiger charge is -2.32. The van der Waals surface area contributed by atoms with Gasteiger partial charge in [-0.25, -0.2) is 4.79 Å². The van der Waals surface area contributed by atoms with Gasteiger partial charge in [0.05, 0.1) is 0 Å². The summed E-state index contributed by atoms with van der Waals surface area (Å²) in [5.41, 5.74) is 1.41. The van der Waals surface area contributed by atoms with Crippen LogP contribution in [0.3, 0.4) is 0 Å². The molecule has 0 radical (unpaired) electrons. The third-order valence-electron chi connectivity index (χ3n) is 5.65. The molecule has 7 heteroatoms. The molecule has 28 heavy (non-hydrogen) atoms. The van der Waals surface area contributed by atoms with Crippen LogP contribution in [0.2, 0.25) is 0 Å². The van der Waals surface area contributed by atoms with Crippen LogP contribution in [0.1, 0.15) is 32.1 Å². The summed E-state index contributed by atoms with van der Waals surface area (Å²) < 4.78 is 0. The molecule has 0 aromatic heterocycles. The molecule has 0 atom stereocenters. The van der Waals surface area contributed by atoms with Crippen molar-refractivity contribution in [1.29, 1.82) is 0 Å². The molecule has 2 aliphatic rings. The number of hydrogen-bond acceptors (Lipinski definition) is 4. The molecular weight excluding hydrogens is 354 g/mol. The van der Waals surface area contributed by atoms with Crippen LogP contribution in [0.4, 0.5) is 16.2 Å². The number of benzene rings is 1. The van der Waals surface area contributed by atoms with Crippen LogP contribution >= 0.6 is 0 Å². The Hall–Kier alpha value is -2.12. The first-order chi connectivity index (χ1) is 13.6. The van der Waals surface area contributed by atoms with Crippen molar-refractivity contribution in [3.8, 4) is 0 Å². The van der Waals surface area contributed by atoms with E-state index in [1.54, 1.807) is 6.07 Å². The number of piperazine rings is 1. The SMILES string of the molecule is CN1CCN(CCCNC(=O)Nc2cccc(NC(=O)C3CCCC3)c2)CC1. The van der Waals surface area contributed by atoms with Crippen LogP contribution in [-0.2, 0) is 4.79 Å². The molecule has 0 bridgehead atoms. The number of urea groups is 1. The number of rotatable bonds is 7. The number of likely N-dealkylation sites (N-methyl/N-ethyl adjacent to an activating group) is 1. The molecule has 0 spiro atoms. The minimum absolute atomic E-state index is 0.0861. The third kappa shape index (κ3) is 6.49. The van der Waals surface area contributed by atoms with Crippen molar-refractivity contribution in [2.75, 3.05) is 56.9 Å². The monoisotopic (exact) mass is 387 g/mol. The fraction of sp³-hybridized carbons (Fsp3) is 0.619. The van der Waals surface area contributed by atoms with Gasteiger partial charge in [-0.1, -0.05) is 18.9 Å². The molecule has 154 valence electrons. The maximum Gasteiger partial charge on any atom is 0.319 e. The van der Waals surface area contributed by atoms with Gasteiger partial charge in [0, 0.05) is 50.0 Å². The second kappa shape index (κ2) is 10.4. The standard InChI is InChI=1S/C21H33N5O2/c1-25-12-14-26(15-13-25)11-5-10-22-21(28)24-19-9-4-8-18(16-19)23-20(27)17-6-2-3-7-17/h4,8-9,16-17H,2-3,5-7,10-15H2,1H3,(H,23,27)(H2,22,24,28). The van der Waals surface area contributed by atoms with Crippen molar-refractivity contribution in [2.24, 2.45) is 5.92 Å². The summed E-state index contributed by atoms with van der Waals surface area (Å²) in [7, 11) is 2.15. The molecule has 1 aliphatic heterocycles. The smallest absolute Gasteiger partial charge is 0.319 e. The third-order valence-corrected chi connectivity index (χ3v) is 5.65. The number of nitrogens with one attached hydrogen (secondary N) is 3. The second-order valence-electron chi connectivity index (χ2n) is 7.93. The molecule has 1 aromatic rings. The highest BCUT2D eigenvalue weighted by Crippen LogP contribution is 2.26. The van der Waals surface area contributed by atoms with Gasteiger partial charge < -0.3 is 25.8 Å². The predicted molar refractivity (Wildman–Crippen MR) is 113 cm³/mol. The molecule has 3 N–H and O–H groups in total. The van der Waals surface area contributed by atoms with Crippen molar-refractivity contribution in [2.45, 2.75) is 32.1 Å². The molecule has 1 heterocycles. The minimum atomic E-state index is -0.211. The second-order valence-corrected chi connectivity index (χ2v) is 7.93. The molecular formula is C21H33N5O2. The lowest BCUT2D eigenvalue weighted by molar-refractivity contribution is -0.119. The molecule has 3 rings (SSSR count). The Labute approximate surface area is 167 Å². The first-order valence-corrected chi connectivity index (χ1v) is 10.5. The van der Waals surface area contributed by atoms with Gasteiger partial charge in [-0.2, -0.15) is 0 Å². The Morgan fingerprint density at radius 3 is 2.43 bits per heavy atom. The van der Waals surface area contributed by atoms with Crippen molar-refractivity contribution in [3.63, 3.8) is 0 Å². The predicted octanol–water partition coefficient (Wildman–Crippen LogP) is 2.57. The quantitative estimate of drug-likeness (QED) is 0.629. The van der Waals surface area contributed by atoms with E-state index in [0.29, 0.717) is 12.2 Å². The number of hydrogen-bond donors (Lipinski definition) is 3. The number of carbonyl (C=O) groups excluding carboxylic acids is 2. The van der Waals surface area contributed by atoms with E-state index >= 15 is 0 Å². The van der Waals surface area contributed by atoms with E-state index in [1.807, 2.05) is 18.2 Å². The first kappa shape index (κ1) is 20.6. The number of amides is 3. The van der Waals surface area contributed by atoms with Crippen LogP contribution in [0, 0.1) is 5.92 Å². The molecule has 1 aromatic carbocycles. The van der Waals surface area contributed by atoms with Gasteiger partial charge in [0.2, 0.25) is 5.91 Å². The molecule has 2 fully saturated rings. The Morgan fingerprint density at radius 1 is 1.04 bits per heavy atom. The Morgan fingerprint density at radius 2 is 1.71 bits per heavy atom. The first-order valence-electron chi connectivity index (χ1n) is 10.5. The zero-order valence-electron chi connectivity index (χ0n) is 16.9. The minimum Gasteiger partial charge on any atom is -0.338 e. The van der Waals surface area contributed by atoms with Crippen LogP contribution in [0.15, 0.2) is 24.3 Å². The van der Waals surface area contributed by atoms with Gasteiger partial charge in [-0.15, -0.1) is 0 Å². The highest BCUT2D eigenvalue weighted by molar-refractivity contribution is 5.94. The van der Waals surface area contributed by atoms with Gasteiger partial charge >= 0.3 is 6.03 Å². The molecule has 0 unspecified atom stereocenters. The summed E-state index contributed by atoms with van der Waals surface area (Å²) in [6.07, 6.45) is 5.15. The van der Waals surface area contributed by atoms with Gasteiger partial charge in [0.25, 0.3) is 0 Å². The van der Waals surface area contributed by atoms with Gasteiger partial charge in [-0.05, 0) is 51.1 Å². The molecule has 1 aliphatic carbocycles. The molecule has 3 amide bonds. The molecule has 1 saturated carbocycles. The lowest BCUT2D eigenvalue weighted by atomic mass is 10.1. The summed E-state index contributed by atoms with van der Waals surface area (Å²) in [5.74, 6) is 0.211. The normalized spacial score (nSPS) is 18.8. The fourth-order valence-corrected chi connectivity index (χ4v) is 3.86. The molecule has 7 nitrogen and oxygen atoms in total. The Balaban J connectivity index is 1.36. The molecule has 1 saturated heterocycles. The fourth-order valence-electron chi connectivity index (χ4n) is 3.86. The summed E-state index contributed by atoms with van der Waals surface area (Å²) in [6, 6.07) is 7.11. The highest BCUT2D eigenvalue weighted by atomic mass is 16.2. The lowest BCUT2D eigenvalue weighted by Crippen LogP contribution is -2.45. The Bertz CT molecular complexity index is 652. The highest BCUT2D eigenvalue weighted by Gasteiger charge is 2.22. The van der Waals surface area contributed by atoms with Crippen molar-refractivity contribution >= 4 is 23.3 Å². The van der Waals surface area contributed by atoms with E-state index < -0.39 is 0 Å². The van der Waals surface area contributed by atoms with E-state index in [9.17, 15) is 9.59 Å². The van der Waals surface area contributed by atoms with E-state index in [0.717, 1.165) is 70.5 Å². The van der Waals surface area contributed by atoms with Gasteiger partial charge in [0.1, 0.15) is 0 Å². The van der Waals surface area contributed by atoms with E-state index in [-0.39, 0.29) is 17.9 Å². The van der Waals surface area contributed by atoms with Gasteiger partial charge in [0.15, 0.2) is 0 Å². The van der Waals surface area contributed by atoms with Gasteiger partial charge in [-0.3, -0.25) is 4.79 Å². The van der Waals surface area contributed by atoms with Crippen LogP contribution < -0.4 is 16.0 Å². The van der Waals surface area contributed by atoms with Crippen LogP contribution in [0.25, 0.3) is 0 Å².